The number of benzene rings is 3. The first-order valence-corrected chi connectivity index (χ1v) is 10.2. The van der Waals surface area contributed by atoms with Crippen LogP contribution in [0.25, 0.3) is 22.3 Å². The third-order valence-electron chi connectivity index (χ3n) is 5.07. The van der Waals surface area contributed by atoms with Crippen LogP contribution in [0.3, 0.4) is 0 Å². The van der Waals surface area contributed by atoms with E-state index >= 15 is 0 Å². The monoisotopic (exact) mass is 430 g/mol. The summed E-state index contributed by atoms with van der Waals surface area (Å²) >= 11 is 0. The van der Waals surface area contributed by atoms with E-state index in [4.69, 9.17) is 18.6 Å². The third kappa shape index (κ3) is 4.07. The van der Waals surface area contributed by atoms with Gasteiger partial charge in [0.2, 0.25) is 0 Å². The van der Waals surface area contributed by atoms with Crippen LogP contribution in [0.2, 0.25) is 0 Å². The van der Waals surface area contributed by atoms with Gasteiger partial charge in [-0.1, -0.05) is 18.2 Å². The Bertz CT molecular complexity index is 1280. The number of hydrogen-bond donors (Lipinski definition) is 0. The molecule has 0 atom stereocenters. The highest BCUT2D eigenvalue weighted by Gasteiger charge is 2.24. The van der Waals surface area contributed by atoms with Crippen molar-refractivity contribution in [1.82, 2.24) is 0 Å². The summed E-state index contributed by atoms with van der Waals surface area (Å²) in [5, 5.41) is 0.504. The molecule has 4 aromatic rings. The Morgan fingerprint density at radius 3 is 2.31 bits per heavy atom. The average molecular weight is 430 g/mol. The van der Waals surface area contributed by atoms with Gasteiger partial charge in [0.05, 0.1) is 19.3 Å². The number of furan rings is 1. The Morgan fingerprint density at radius 1 is 0.906 bits per heavy atom. The number of aryl methyl sites for hydroxylation is 1. The van der Waals surface area contributed by atoms with Gasteiger partial charge in [0.15, 0.2) is 0 Å². The quantitative estimate of drug-likeness (QED) is 0.284. The van der Waals surface area contributed by atoms with Gasteiger partial charge in [0.25, 0.3) is 0 Å². The normalized spacial score (nSPS) is 10.7. The van der Waals surface area contributed by atoms with Crippen LogP contribution in [0.1, 0.15) is 33.2 Å². The Labute approximate surface area is 185 Å². The van der Waals surface area contributed by atoms with Gasteiger partial charge in [-0.2, -0.15) is 0 Å². The van der Waals surface area contributed by atoms with Crippen molar-refractivity contribution >= 4 is 22.9 Å². The highest BCUT2D eigenvalue weighted by molar-refractivity contribution is 6.09. The smallest absolute Gasteiger partial charge is 0.343 e. The van der Waals surface area contributed by atoms with E-state index in [9.17, 15) is 9.59 Å². The van der Waals surface area contributed by atoms with Crippen LogP contribution in [-0.2, 0) is 4.74 Å². The highest BCUT2D eigenvalue weighted by Crippen LogP contribution is 2.36. The number of carbonyl (C=O) groups is 2. The van der Waals surface area contributed by atoms with E-state index in [1.165, 1.54) is 0 Å². The van der Waals surface area contributed by atoms with Crippen molar-refractivity contribution in [3.8, 4) is 22.8 Å². The fraction of sp³-hybridized carbons (Fsp3) is 0.154. The molecule has 0 aliphatic rings. The second-order valence-corrected chi connectivity index (χ2v) is 7.12. The molecule has 4 rings (SSSR count). The first kappa shape index (κ1) is 21.2. The van der Waals surface area contributed by atoms with E-state index in [2.05, 4.69) is 0 Å². The van der Waals surface area contributed by atoms with E-state index in [0.717, 1.165) is 5.56 Å². The van der Waals surface area contributed by atoms with Crippen molar-refractivity contribution in [1.29, 1.82) is 0 Å². The second kappa shape index (κ2) is 8.98. The molecule has 162 valence electrons. The number of methoxy groups -OCH3 is 1. The maximum Gasteiger partial charge on any atom is 0.343 e. The molecule has 6 nitrogen and oxygen atoms in total. The molecule has 0 radical (unpaired) electrons. The number of esters is 2. The van der Waals surface area contributed by atoms with Crippen molar-refractivity contribution < 1.29 is 28.2 Å². The van der Waals surface area contributed by atoms with E-state index in [0.29, 0.717) is 39.4 Å². The van der Waals surface area contributed by atoms with Gasteiger partial charge in [0.1, 0.15) is 28.4 Å². The fourth-order valence-electron chi connectivity index (χ4n) is 3.46. The van der Waals surface area contributed by atoms with Crippen molar-refractivity contribution in [3.63, 3.8) is 0 Å². The summed E-state index contributed by atoms with van der Waals surface area (Å²) in [4.78, 5) is 25.5. The number of rotatable bonds is 6. The molecular formula is C26H22O6. The summed E-state index contributed by atoms with van der Waals surface area (Å²) in [5.41, 5.74) is 2.75. The molecule has 3 aromatic carbocycles. The standard InChI is InChI=1S/C26H22O6/c1-4-30-26(28)23-21-15-19(31-25(27)20-8-6-5-7-16(20)2)13-14-22(21)32-24(23)17-9-11-18(29-3)12-10-17/h5-15H,4H2,1-3H3. The highest BCUT2D eigenvalue weighted by atomic mass is 16.5. The van der Waals surface area contributed by atoms with Crippen LogP contribution in [0.15, 0.2) is 71.1 Å². The topological polar surface area (TPSA) is 75.0 Å². The molecule has 0 N–H and O–H groups in total. The van der Waals surface area contributed by atoms with Crippen LogP contribution >= 0.6 is 0 Å². The summed E-state index contributed by atoms with van der Waals surface area (Å²) in [6, 6.07) is 19.3. The molecule has 1 aromatic heterocycles. The number of hydrogen-bond acceptors (Lipinski definition) is 6. The molecule has 0 aliphatic carbocycles. The molecule has 0 amide bonds. The van der Waals surface area contributed by atoms with E-state index in [1.54, 1.807) is 68.6 Å². The predicted octanol–water partition coefficient (Wildman–Crippen LogP) is 5.81. The second-order valence-electron chi connectivity index (χ2n) is 7.12. The Morgan fingerprint density at radius 2 is 1.62 bits per heavy atom. The van der Waals surface area contributed by atoms with Gasteiger partial charge in [-0.15, -0.1) is 0 Å². The molecule has 0 saturated carbocycles. The number of carbonyl (C=O) groups excluding carboxylic acids is 2. The van der Waals surface area contributed by atoms with Crippen molar-refractivity contribution in [2.24, 2.45) is 0 Å². The Kier molecular flexibility index (Phi) is 5.94. The minimum absolute atomic E-state index is 0.218. The average Bonchev–Trinajstić information content (AvgIpc) is 3.18. The molecule has 32 heavy (non-hydrogen) atoms. The summed E-state index contributed by atoms with van der Waals surface area (Å²) in [6.45, 7) is 3.80. The summed E-state index contributed by atoms with van der Waals surface area (Å²) in [7, 11) is 1.58. The van der Waals surface area contributed by atoms with Crippen molar-refractivity contribution in [3.05, 3.63) is 83.4 Å². The zero-order valence-corrected chi connectivity index (χ0v) is 18.0. The third-order valence-corrected chi connectivity index (χ3v) is 5.07. The molecule has 0 bridgehead atoms. The van der Waals surface area contributed by atoms with Crippen molar-refractivity contribution in [2.45, 2.75) is 13.8 Å². The molecular weight excluding hydrogens is 408 g/mol. The lowest BCUT2D eigenvalue weighted by Crippen LogP contribution is -2.10. The van der Waals surface area contributed by atoms with Crippen LogP contribution in [0.5, 0.6) is 11.5 Å². The fourth-order valence-corrected chi connectivity index (χ4v) is 3.46. The number of fused-ring (bicyclic) bond motifs is 1. The van der Waals surface area contributed by atoms with Gasteiger partial charge in [-0.05, 0) is 67.9 Å². The molecule has 0 saturated heterocycles. The van der Waals surface area contributed by atoms with Crippen LogP contribution < -0.4 is 9.47 Å². The van der Waals surface area contributed by atoms with E-state index in [1.807, 2.05) is 19.1 Å². The van der Waals surface area contributed by atoms with Gasteiger partial charge in [-0.25, -0.2) is 9.59 Å². The molecule has 0 fully saturated rings. The summed E-state index contributed by atoms with van der Waals surface area (Å²) in [5.74, 6) is 0.383. The lowest BCUT2D eigenvalue weighted by atomic mass is 10.1. The Hall–Kier alpha value is -4.06. The lowest BCUT2D eigenvalue weighted by molar-refractivity contribution is 0.0528. The van der Waals surface area contributed by atoms with E-state index < -0.39 is 11.9 Å². The zero-order chi connectivity index (χ0) is 22.7. The minimum Gasteiger partial charge on any atom is -0.497 e. The Balaban J connectivity index is 1.77. The first-order valence-electron chi connectivity index (χ1n) is 10.2. The SMILES string of the molecule is CCOC(=O)c1c(-c2ccc(OC)cc2)oc2ccc(OC(=O)c3ccccc3C)cc12. The molecule has 6 heteroatoms. The summed E-state index contributed by atoms with van der Waals surface area (Å²) in [6.07, 6.45) is 0. The molecule has 0 spiro atoms. The zero-order valence-electron chi connectivity index (χ0n) is 18.0. The number of ether oxygens (including phenoxy) is 3. The van der Waals surface area contributed by atoms with Crippen LogP contribution in [0.4, 0.5) is 0 Å². The lowest BCUT2D eigenvalue weighted by Gasteiger charge is -2.07. The first-order chi connectivity index (χ1) is 15.5. The minimum atomic E-state index is -0.514. The largest absolute Gasteiger partial charge is 0.497 e. The molecule has 0 unspecified atom stereocenters. The van der Waals surface area contributed by atoms with E-state index in [-0.39, 0.29) is 12.2 Å². The van der Waals surface area contributed by atoms with Crippen LogP contribution in [-0.4, -0.2) is 25.7 Å². The van der Waals surface area contributed by atoms with Gasteiger partial charge >= 0.3 is 11.9 Å². The summed E-state index contributed by atoms with van der Waals surface area (Å²) < 4.78 is 22.1. The van der Waals surface area contributed by atoms with Crippen molar-refractivity contribution in [2.75, 3.05) is 13.7 Å². The maximum atomic E-state index is 12.8. The van der Waals surface area contributed by atoms with Gasteiger partial charge in [-0.3, -0.25) is 0 Å². The van der Waals surface area contributed by atoms with Gasteiger partial charge in [0, 0.05) is 10.9 Å². The van der Waals surface area contributed by atoms with Crippen LogP contribution in [0, 0.1) is 6.92 Å². The van der Waals surface area contributed by atoms with Gasteiger partial charge < -0.3 is 18.6 Å². The molecule has 0 aliphatic heterocycles. The predicted molar refractivity (Wildman–Crippen MR) is 120 cm³/mol. The molecule has 1 heterocycles. The maximum absolute atomic E-state index is 12.8.